The Labute approximate surface area is 103 Å². The van der Waals surface area contributed by atoms with Crippen LogP contribution in [-0.2, 0) is 0 Å². The number of nitrogen functional groups attached to an aromatic ring is 1. The fourth-order valence-electron chi connectivity index (χ4n) is 1.79. The second kappa shape index (κ2) is 4.10. The minimum absolute atomic E-state index is 0.209. The van der Waals surface area contributed by atoms with Crippen LogP contribution in [0.4, 0.5) is 21.5 Å². The lowest BCUT2D eigenvalue weighted by molar-refractivity contribution is 0.174. The molecule has 1 aliphatic heterocycles. The van der Waals surface area contributed by atoms with Gasteiger partial charge in [-0.3, -0.25) is 0 Å². The van der Waals surface area contributed by atoms with Gasteiger partial charge >= 0.3 is 0 Å². The van der Waals surface area contributed by atoms with Crippen molar-refractivity contribution in [2.24, 2.45) is 0 Å². The van der Waals surface area contributed by atoms with E-state index in [0.717, 1.165) is 0 Å². The normalized spacial score (nSPS) is 12.5. The van der Waals surface area contributed by atoms with E-state index in [1.54, 1.807) is 30.3 Å². The van der Waals surface area contributed by atoms with E-state index in [2.05, 4.69) is 5.32 Å². The zero-order valence-electron chi connectivity index (χ0n) is 9.44. The fourth-order valence-corrected chi connectivity index (χ4v) is 1.79. The van der Waals surface area contributed by atoms with Gasteiger partial charge in [0.15, 0.2) is 11.5 Å². The SMILES string of the molecule is Nc1cccc(F)c1Nc1ccc2c(c1)OCO2. The average molecular weight is 246 g/mol. The molecule has 2 aromatic rings. The van der Waals surface area contributed by atoms with Crippen LogP contribution in [0.15, 0.2) is 36.4 Å². The number of halogens is 1. The molecule has 0 atom stereocenters. The van der Waals surface area contributed by atoms with Gasteiger partial charge in [0.1, 0.15) is 5.82 Å². The molecule has 4 nitrogen and oxygen atoms in total. The predicted octanol–water partition coefficient (Wildman–Crippen LogP) is 2.88. The van der Waals surface area contributed by atoms with E-state index >= 15 is 0 Å². The summed E-state index contributed by atoms with van der Waals surface area (Å²) in [5.41, 5.74) is 7.03. The summed E-state index contributed by atoms with van der Waals surface area (Å²) < 4.78 is 24.1. The summed E-state index contributed by atoms with van der Waals surface area (Å²) in [6.07, 6.45) is 0. The number of nitrogens with one attached hydrogen (secondary N) is 1. The van der Waals surface area contributed by atoms with Gasteiger partial charge in [-0.05, 0) is 24.3 Å². The van der Waals surface area contributed by atoms with Crippen LogP contribution in [0.3, 0.4) is 0 Å². The van der Waals surface area contributed by atoms with E-state index in [0.29, 0.717) is 22.9 Å². The summed E-state index contributed by atoms with van der Waals surface area (Å²) in [4.78, 5) is 0. The van der Waals surface area contributed by atoms with Gasteiger partial charge in [0.2, 0.25) is 6.79 Å². The van der Waals surface area contributed by atoms with E-state index in [1.807, 2.05) is 0 Å². The van der Waals surface area contributed by atoms with Gasteiger partial charge in [-0.15, -0.1) is 0 Å². The van der Waals surface area contributed by atoms with E-state index < -0.39 is 5.82 Å². The molecule has 0 amide bonds. The largest absolute Gasteiger partial charge is 0.454 e. The van der Waals surface area contributed by atoms with Crippen molar-refractivity contribution in [2.45, 2.75) is 0 Å². The van der Waals surface area contributed by atoms with Crippen molar-refractivity contribution in [3.8, 4) is 11.5 Å². The predicted molar refractivity (Wildman–Crippen MR) is 66.7 cm³/mol. The minimum atomic E-state index is -0.396. The molecular formula is C13H11FN2O2. The third kappa shape index (κ3) is 1.79. The third-order valence-electron chi connectivity index (χ3n) is 2.69. The standard InChI is InChI=1S/C13H11FN2O2/c14-9-2-1-3-10(15)13(9)16-8-4-5-11-12(6-8)18-7-17-11/h1-6,16H,7,15H2. The van der Waals surface area contributed by atoms with Gasteiger partial charge in [-0.1, -0.05) is 6.07 Å². The monoisotopic (exact) mass is 246 g/mol. The van der Waals surface area contributed by atoms with Crippen LogP contribution in [0.1, 0.15) is 0 Å². The summed E-state index contributed by atoms with van der Waals surface area (Å²) in [6, 6.07) is 9.84. The highest BCUT2D eigenvalue weighted by atomic mass is 19.1. The zero-order valence-corrected chi connectivity index (χ0v) is 9.44. The quantitative estimate of drug-likeness (QED) is 0.800. The number of hydrogen-bond acceptors (Lipinski definition) is 4. The van der Waals surface area contributed by atoms with E-state index in [-0.39, 0.29) is 12.5 Å². The molecule has 0 saturated carbocycles. The first kappa shape index (κ1) is 10.7. The summed E-state index contributed by atoms with van der Waals surface area (Å²) in [5.74, 6) is 0.921. The molecule has 0 radical (unpaired) electrons. The first-order valence-electron chi connectivity index (χ1n) is 5.45. The van der Waals surface area contributed by atoms with Crippen LogP contribution in [0.2, 0.25) is 0 Å². The van der Waals surface area contributed by atoms with Crippen molar-refractivity contribution < 1.29 is 13.9 Å². The molecule has 0 aromatic heterocycles. The molecule has 0 aliphatic carbocycles. The van der Waals surface area contributed by atoms with Crippen molar-refractivity contribution in [1.82, 2.24) is 0 Å². The molecule has 0 spiro atoms. The van der Waals surface area contributed by atoms with Crippen LogP contribution in [-0.4, -0.2) is 6.79 Å². The van der Waals surface area contributed by atoms with Crippen molar-refractivity contribution in [3.63, 3.8) is 0 Å². The average Bonchev–Trinajstić information content (AvgIpc) is 2.81. The first-order chi connectivity index (χ1) is 8.74. The molecule has 1 aliphatic rings. The summed E-state index contributed by atoms with van der Waals surface area (Å²) >= 11 is 0. The second-order valence-corrected chi connectivity index (χ2v) is 3.90. The molecule has 92 valence electrons. The maximum Gasteiger partial charge on any atom is 0.231 e. The van der Waals surface area contributed by atoms with Crippen LogP contribution < -0.4 is 20.5 Å². The number of hydrogen-bond donors (Lipinski definition) is 2. The number of para-hydroxylation sites is 1. The Hall–Kier alpha value is -2.43. The van der Waals surface area contributed by atoms with Gasteiger partial charge in [-0.2, -0.15) is 0 Å². The van der Waals surface area contributed by atoms with Crippen LogP contribution in [0.25, 0.3) is 0 Å². The topological polar surface area (TPSA) is 56.5 Å². The smallest absolute Gasteiger partial charge is 0.231 e. The minimum Gasteiger partial charge on any atom is -0.454 e. The number of anilines is 3. The molecule has 2 aromatic carbocycles. The molecule has 3 N–H and O–H groups in total. The maximum atomic E-state index is 13.6. The van der Waals surface area contributed by atoms with Gasteiger partial charge < -0.3 is 20.5 Å². The Bertz CT molecular complexity index is 581. The van der Waals surface area contributed by atoms with E-state index in [4.69, 9.17) is 15.2 Å². The molecule has 0 unspecified atom stereocenters. The number of benzene rings is 2. The number of nitrogens with two attached hydrogens (primary N) is 1. The van der Waals surface area contributed by atoms with Crippen LogP contribution >= 0.6 is 0 Å². The third-order valence-corrected chi connectivity index (χ3v) is 2.69. The van der Waals surface area contributed by atoms with Gasteiger partial charge in [0.05, 0.1) is 11.4 Å². The second-order valence-electron chi connectivity index (χ2n) is 3.90. The molecule has 0 saturated heterocycles. The first-order valence-corrected chi connectivity index (χ1v) is 5.45. The Balaban J connectivity index is 1.93. The van der Waals surface area contributed by atoms with Crippen molar-refractivity contribution in [1.29, 1.82) is 0 Å². The molecule has 1 heterocycles. The molecule has 18 heavy (non-hydrogen) atoms. The maximum absolute atomic E-state index is 13.6. The van der Waals surface area contributed by atoms with Crippen molar-refractivity contribution in [2.75, 3.05) is 17.8 Å². The molecule has 0 fully saturated rings. The molecule has 5 heteroatoms. The summed E-state index contributed by atoms with van der Waals surface area (Å²) in [5, 5.41) is 2.93. The molecular weight excluding hydrogens is 235 g/mol. The molecule has 0 bridgehead atoms. The number of fused-ring (bicyclic) bond motifs is 1. The highest BCUT2D eigenvalue weighted by Gasteiger charge is 2.14. The Kier molecular flexibility index (Phi) is 2.44. The lowest BCUT2D eigenvalue weighted by atomic mass is 10.2. The van der Waals surface area contributed by atoms with Crippen LogP contribution in [0, 0.1) is 5.82 Å². The highest BCUT2D eigenvalue weighted by molar-refractivity contribution is 5.74. The fraction of sp³-hybridized carbons (Fsp3) is 0.0769. The Morgan fingerprint density at radius 2 is 1.94 bits per heavy atom. The van der Waals surface area contributed by atoms with Gasteiger partial charge in [0, 0.05) is 11.8 Å². The Morgan fingerprint density at radius 3 is 2.78 bits per heavy atom. The van der Waals surface area contributed by atoms with Crippen molar-refractivity contribution in [3.05, 3.63) is 42.2 Å². The van der Waals surface area contributed by atoms with E-state index in [1.165, 1.54) is 6.07 Å². The van der Waals surface area contributed by atoms with Crippen LogP contribution in [0.5, 0.6) is 11.5 Å². The van der Waals surface area contributed by atoms with Gasteiger partial charge in [-0.25, -0.2) is 4.39 Å². The Morgan fingerprint density at radius 1 is 1.11 bits per heavy atom. The van der Waals surface area contributed by atoms with E-state index in [9.17, 15) is 4.39 Å². The lowest BCUT2D eigenvalue weighted by Crippen LogP contribution is -1.99. The molecule has 3 rings (SSSR count). The summed E-state index contributed by atoms with van der Waals surface area (Å²) in [7, 11) is 0. The van der Waals surface area contributed by atoms with Gasteiger partial charge in [0.25, 0.3) is 0 Å². The number of ether oxygens (including phenoxy) is 2. The number of rotatable bonds is 2. The van der Waals surface area contributed by atoms with Crippen molar-refractivity contribution >= 4 is 17.1 Å². The zero-order chi connectivity index (χ0) is 12.5. The summed E-state index contributed by atoms with van der Waals surface area (Å²) in [6.45, 7) is 0.209. The lowest BCUT2D eigenvalue weighted by Gasteiger charge is -2.10. The highest BCUT2D eigenvalue weighted by Crippen LogP contribution is 2.36.